The van der Waals surface area contributed by atoms with Crippen molar-refractivity contribution in [3.63, 3.8) is 0 Å². The number of aliphatic hydroxyl groups is 1. The number of nitro benzene ring substituents is 1. The van der Waals surface area contributed by atoms with E-state index in [-0.39, 0.29) is 28.7 Å². The minimum Gasteiger partial charge on any atom is -0.375 e. The van der Waals surface area contributed by atoms with E-state index in [4.69, 9.17) is 0 Å². The molecule has 1 unspecified atom stereocenters. The highest BCUT2D eigenvalue weighted by Crippen LogP contribution is 2.44. The summed E-state index contributed by atoms with van der Waals surface area (Å²) in [6, 6.07) is 12.6. The molecule has 0 saturated heterocycles. The molecule has 0 spiro atoms. The van der Waals surface area contributed by atoms with Gasteiger partial charge in [-0.2, -0.15) is 13.2 Å². The summed E-state index contributed by atoms with van der Waals surface area (Å²) in [7, 11) is 0. The Morgan fingerprint density at radius 3 is 2.48 bits per heavy atom. The van der Waals surface area contributed by atoms with Crippen molar-refractivity contribution >= 4 is 16.6 Å². The standard InChI is InChI=1S/C21H17F3N4O3/c22-21(23,24)20(29,13-26-9-8-25-14-26)18-12-27(11-15-4-2-1-3-5-15)19-10-16(28(30)31)6-7-17(18)19/h1-10,12,14,29H,11,13H2. The molecule has 0 amide bonds. The lowest BCUT2D eigenvalue weighted by Gasteiger charge is -2.30. The molecule has 0 aliphatic heterocycles. The third-order valence-corrected chi connectivity index (χ3v) is 5.16. The van der Waals surface area contributed by atoms with Crippen LogP contribution in [-0.4, -0.2) is 30.3 Å². The van der Waals surface area contributed by atoms with Crippen LogP contribution in [0.1, 0.15) is 11.1 Å². The van der Waals surface area contributed by atoms with Gasteiger partial charge in [-0.1, -0.05) is 30.3 Å². The quantitative estimate of drug-likeness (QED) is 0.366. The molecular formula is C21H17F3N4O3. The number of rotatable bonds is 6. The molecule has 2 aromatic carbocycles. The van der Waals surface area contributed by atoms with Crippen LogP contribution >= 0.6 is 0 Å². The third kappa shape index (κ3) is 3.77. The van der Waals surface area contributed by atoms with E-state index in [1.807, 2.05) is 0 Å². The van der Waals surface area contributed by atoms with Crippen LogP contribution in [0.25, 0.3) is 10.9 Å². The second-order valence-electron chi connectivity index (χ2n) is 7.21. The molecule has 0 bridgehead atoms. The first-order valence-corrected chi connectivity index (χ1v) is 9.25. The molecule has 7 nitrogen and oxygen atoms in total. The molecule has 0 aliphatic rings. The second-order valence-corrected chi connectivity index (χ2v) is 7.21. The number of hydrogen-bond acceptors (Lipinski definition) is 4. The number of imidazole rings is 1. The van der Waals surface area contributed by atoms with Crippen LogP contribution in [0, 0.1) is 10.1 Å². The van der Waals surface area contributed by atoms with Crippen molar-refractivity contribution in [3.05, 3.63) is 94.7 Å². The number of non-ortho nitro benzene ring substituents is 1. The van der Waals surface area contributed by atoms with Gasteiger partial charge in [0.15, 0.2) is 0 Å². The number of alkyl halides is 3. The zero-order valence-electron chi connectivity index (χ0n) is 16.0. The smallest absolute Gasteiger partial charge is 0.375 e. The van der Waals surface area contributed by atoms with Crippen molar-refractivity contribution < 1.29 is 23.2 Å². The SMILES string of the molecule is O=[N+]([O-])c1ccc2c(C(O)(Cn3ccnc3)C(F)(F)F)cn(Cc3ccccc3)c2c1. The fourth-order valence-corrected chi connectivity index (χ4v) is 3.61. The van der Waals surface area contributed by atoms with Crippen LogP contribution in [0.2, 0.25) is 0 Å². The largest absolute Gasteiger partial charge is 0.423 e. The molecular weight excluding hydrogens is 413 g/mol. The normalized spacial score (nSPS) is 13.9. The highest BCUT2D eigenvalue weighted by molar-refractivity contribution is 5.87. The molecule has 1 atom stereocenters. The minimum absolute atomic E-state index is 0.0847. The number of nitrogens with zero attached hydrogens (tertiary/aromatic N) is 4. The van der Waals surface area contributed by atoms with Crippen LogP contribution in [0.3, 0.4) is 0 Å². The van der Waals surface area contributed by atoms with Gasteiger partial charge in [0.05, 0.1) is 23.3 Å². The predicted octanol–water partition coefficient (Wildman–Crippen LogP) is 4.24. The Balaban J connectivity index is 1.92. The molecule has 4 aromatic rings. The fourth-order valence-electron chi connectivity index (χ4n) is 3.61. The maximum atomic E-state index is 14.2. The van der Waals surface area contributed by atoms with Gasteiger partial charge in [0.1, 0.15) is 0 Å². The summed E-state index contributed by atoms with van der Waals surface area (Å²) in [5, 5.41) is 22.3. The zero-order chi connectivity index (χ0) is 22.2. The number of fused-ring (bicyclic) bond motifs is 1. The number of halogens is 3. The number of nitro groups is 1. The van der Waals surface area contributed by atoms with Crippen molar-refractivity contribution in [1.29, 1.82) is 0 Å². The van der Waals surface area contributed by atoms with Gasteiger partial charge in [-0.3, -0.25) is 10.1 Å². The molecule has 0 aliphatic carbocycles. The van der Waals surface area contributed by atoms with Gasteiger partial charge in [-0.05, 0) is 11.6 Å². The van der Waals surface area contributed by atoms with Crippen molar-refractivity contribution in [1.82, 2.24) is 14.1 Å². The topological polar surface area (TPSA) is 86.1 Å². The van der Waals surface area contributed by atoms with Gasteiger partial charge in [-0.15, -0.1) is 0 Å². The van der Waals surface area contributed by atoms with Crippen LogP contribution in [0.4, 0.5) is 18.9 Å². The van der Waals surface area contributed by atoms with E-state index in [2.05, 4.69) is 4.98 Å². The molecule has 0 saturated carbocycles. The van der Waals surface area contributed by atoms with Gasteiger partial charge in [0, 0.05) is 48.2 Å². The third-order valence-electron chi connectivity index (χ3n) is 5.16. The lowest BCUT2D eigenvalue weighted by molar-refractivity contribution is -0.384. The first-order valence-electron chi connectivity index (χ1n) is 9.25. The van der Waals surface area contributed by atoms with Gasteiger partial charge < -0.3 is 14.2 Å². The molecule has 31 heavy (non-hydrogen) atoms. The lowest BCUT2D eigenvalue weighted by atomic mass is 9.92. The molecule has 4 rings (SSSR count). The molecule has 0 fully saturated rings. The fraction of sp³-hybridized carbons (Fsp3) is 0.190. The second kappa shape index (κ2) is 7.55. The molecule has 2 aromatic heterocycles. The first kappa shape index (κ1) is 20.6. The Kier molecular flexibility index (Phi) is 5.02. The van der Waals surface area contributed by atoms with Crippen LogP contribution in [0.15, 0.2) is 73.4 Å². The van der Waals surface area contributed by atoms with Gasteiger partial charge in [0.2, 0.25) is 5.60 Å². The van der Waals surface area contributed by atoms with E-state index in [9.17, 15) is 28.4 Å². The Morgan fingerprint density at radius 2 is 1.87 bits per heavy atom. The van der Waals surface area contributed by atoms with E-state index in [1.54, 1.807) is 30.3 Å². The Morgan fingerprint density at radius 1 is 1.13 bits per heavy atom. The maximum Gasteiger partial charge on any atom is 0.423 e. The maximum absolute atomic E-state index is 14.2. The summed E-state index contributed by atoms with van der Waals surface area (Å²) >= 11 is 0. The van der Waals surface area contributed by atoms with Crippen molar-refractivity contribution in [2.75, 3.05) is 0 Å². The Hall–Kier alpha value is -3.66. The number of aromatic nitrogens is 3. The minimum atomic E-state index is -5.01. The summed E-state index contributed by atoms with van der Waals surface area (Å²) in [6.07, 6.45) is 0.0327. The van der Waals surface area contributed by atoms with Crippen LogP contribution in [0.5, 0.6) is 0 Å². The summed E-state index contributed by atoms with van der Waals surface area (Å²) in [6.45, 7) is -0.630. The molecule has 160 valence electrons. The van der Waals surface area contributed by atoms with Gasteiger partial charge in [-0.25, -0.2) is 4.98 Å². The average molecular weight is 430 g/mol. The van der Waals surface area contributed by atoms with E-state index in [0.717, 1.165) is 16.2 Å². The zero-order valence-corrected chi connectivity index (χ0v) is 16.0. The molecule has 0 radical (unpaired) electrons. The number of benzene rings is 2. The molecule has 10 heteroatoms. The average Bonchev–Trinajstić information content (AvgIpc) is 3.35. The van der Waals surface area contributed by atoms with E-state index >= 15 is 0 Å². The van der Waals surface area contributed by atoms with Gasteiger partial charge in [0.25, 0.3) is 5.69 Å². The van der Waals surface area contributed by atoms with E-state index in [0.29, 0.717) is 0 Å². The van der Waals surface area contributed by atoms with Crippen molar-refractivity contribution in [2.45, 2.75) is 24.9 Å². The van der Waals surface area contributed by atoms with Crippen molar-refractivity contribution in [2.24, 2.45) is 0 Å². The Labute approximate surface area is 174 Å². The highest BCUT2D eigenvalue weighted by Gasteiger charge is 2.56. The van der Waals surface area contributed by atoms with E-state index < -0.39 is 23.2 Å². The van der Waals surface area contributed by atoms with Crippen molar-refractivity contribution in [3.8, 4) is 0 Å². The summed E-state index contributed by atoms with van der Waals surface area (Å²) < 4.78 is 45.1. The van der Waals surface area contributed by atoms with Crippen LogP contribution in [-0.2, 0) is 18.7 Å². The summed E-state index contributed by atoms with van der Waals surface area (Å²) in [4.78, 5) is 14.4. The Bertz CT molecular complexity index is 1220. The summed E-state index contributed by atoms with van der Waals surface area (Å²) in [5.74, 6) is 0. The summed E-state index contributed by atoms with van der Waals surface area (Å²) in [5.41, 5.74) is -2.85. The van der Waals surface area contributed by atoms with E-state index in [1.165, 1.54) is 41.6 Å². The molecule has 1 N–H and O–H groups in total. The lowest BCUT2D eigenvalue weighted by Crippen LogP contribution is -2.45. The number of hydrogen-bond donors (Lipinski definition) is 1. The predicted molar refractivity (Wildman–Crippen MR) is 106 cm³/mol. The van der Waals surface area contributed by atoms with Gasteiger partial charge >= 0.3 is 6.18 Å². The highest BCUT2D eigenvalue weighted by atomic mass is 19.4. The molecule has 2 heterocycles. The monoisotopic (exact) mass is 430 g/mol. The van der Waals surface area contributed by atoms with Crippen LogP contribution < -0.4 is 0 Å². The first-order chi connectivity index (χ1) is 14.7.